The van der Waals surface area contributed by atoms with E-state index in [2.05, 4.69) is 9.88 Å². The lowest BCUT2D eigenvalue weighted by Crippen LogP contribution is -2.52. The van der Waals surface area contributed by atoms with E-state index >= 15 is 0 Å². The molecule has 0 spiro atoms. The van der Waals surface area contributed by atoms with Crippen LogP contribution in [0.2, 0.25) is 0 Å². The molecule has 0 aromatic carbocycles. The van der Waals surface area contributed by atoms with Crippen molar-refractivity contribution in [2.75, 3.05) is 39.8 Å². The summed E-state index contributed by atoms with van der Waals surface area (Å²) < 4.78 is 0. The number of carbonyl (C=O) groups is 2. The molecule has 23 heavy (non-hydrogen) atoms. The summed E-state index contributed by atoms with van der Waals surface area (Å²) in [7, 11) is 2.02. The van der Waals surface area contributed by atoms with Crippen molar-refractivity contribution in [2.24, 2.45) is 0 Å². The number of hydrogen-bond donors (Lipinski definition) is 0. The van der Waals surface area contributed by atoms with Crippen molar-refractivity contribution >= 4 is 11.8 Å². The fourth-order valence-electron chi connectivity index (χ4n) is 2.93. The molecule has 6 heteroatoms. The maximum atomic E-state index is 12.3. The number of pyridine rings is 1. The predicted molar refractivity (Wildman–Crippen MR) is 86.8 cm³/mol. The van der Waals surface area contributed by atoms with Crippen LogP contribution in [0.15, 0.2) is 24.4 Å². The Kier molecular flexibility index (Phi) is 4.91. The minimum absolute atomic E-state index is 0.0888. The Bertz CT molecular complexity index is 551. The van der Waals surface area contributed by atoms with Crippen molar-refractivity contribution in [2.45, 2.75) is 25.3 Å². The fourth-order valence-corrected chi connectivity index (χ4v) is 2.93. The van der Waals surface area contributed by atoms with Gasteiger partial charge in [-0.25, -0.2) is 0 Å². The van der Waals surface area contributed by atoms with Gasteiger partial charge in [0.05, 0.1) is 13.0 Å². The van der Waals surface area contributed by atoms with E-state index in [-0.39, 0.29) is 11.8 Å². The topological polar surface area (TPSA) is 56.8 Å². The van der Waals surface area contributed by atoms with Gasteiger partial charge in [-0.15, -0.1) is 0 Å². The standard InChI is InChI=1S/C17H24N4O2/c1-19(15-5-6-15)13-17(23)21-10-8-20(9-11-21)16(22)12-14-4-2-3-7-18-14/h2-4,7,15H,5-6,8-13H2,1H3. The summed E-state index contributed by atoms with van der Waals surface area (Å²) in [5, 5.41) is 0. The van der Waals surface area contributed by atoms with Crippen LogP contribution >= 0.6 is 0 Å². The molecule has 1 aliphatic carbocycles. The number of amides is 2. The molecular weight excluding hydrogens is 292 g/mol. The van der Waals surface area contributed by atoms with E-state index in [9.17, 15) is 9.59 Å². The van der Waals surface area contributed by atoms with Gasteiger partial charge < -0.3 is 9.80 Å². The monoisotopic (exact) mass is 316 g/mol. The summed E-state index contributed by atoms with van der Waals surface area (Å²) in [5.41, 5.74) is 0.794. The third kappa shape index (κ3) is 4.28. The molecule has 0 N–H and O–H groups in total. The van der Waals surface area contributed by atoms with Gasteiger partial charge in [0.15, 0.2) is 0 Å². The van der Waals surface area contributed by atoms with Crippen molar-refractivity contribution < 1.29 is 9.59 Å². The fraction of sp³-hybridized carbons (Fsp3) is 0.588. The van der Waals surface area contributed by atoms with E-state index < -0.39 is 0 Å². The highest BCUT2D eigenvalue weighted by Gasteiger charge is 2.30. The smallest absolute Gasteiger partial charge is 0.236 e. The number of piperazine rings is 1. The Labute approximate surface area is 137 Å². The van der Waals surface area contributed by atoms with Gasteiger partial charge in [0.25, 0.3) is 0 Å². The third-order valence-electron chi connectivity index (χ3n) is 4.60. The van der Waals surface area contributed by atoms with Crippen molar-refractivity contribution in [3.63, 3.8) is 0 Å². The summed E-state index contributed by atoms with van der Waals surface area (Å²) in [6, 6.07) is 6.20. The first-order valence-corrected chi connectivity index (χ1v) is 8.29. The zero-order chi connectivity index (χ0) is 16.2. The van der Waals surface area contributed by atoms with Gasteiger partial charge in [0.1, 0.15) is 0 Å². The zero-order valence-electron chi connectivity index (χ0n) is 13.6. The maximum Gasteiger partial charge on any atom is 0.236 e. The SMILES string of the molecule is CN(CC(=O)N1CCN(C(=O)Cc2ccccn2)CC1)C1CC1. The Hall–Kier alpha value is -1.95. The maximum absolute atomic E-state index is 12.3. The van der Waals surface area contributed by atoms with E-state index in [0.717, 1.165) is 5.69 Å². The predicted octanol–water partition coefficient (Wildman–Crippen LogP) is 0.389. The molecule has 0 atom stereocenters. The third-order valence-corrected chi connectivity index (χ3v) is 4.60. The van der Waals surface area contributed by atoms with Crippen LogP contribution in [0.25, 0.3) is 0 Å². The number of aromatic nitrogens is 1. The van der Waals surface area contributed by atoms with Gasteiger partial charge in [0.2, 0.25) is 11.8 Å². The average Bonchev–Trinajstić information content (AvgIpc) is 3.41. The van der Waals surface area contributed by atoms with Crippen LogP contribution in [-0.2, 0) is 16.0 Å². The molecule has 0 bridgehead atoms. The minimum atomic E-state index is 0.0888. The van der Waals surface area contributed by atoms with E-state index in [4.69, 9.17) is 0 Å². The largest absolute Gasteiger partial charge is 0.339 e. The van der Waals surface area contributed by atoms with Crippen LogP contribution < -0.4 is 0 Å². The molecule has 1 aromatic heterocycles. The Morgan fingerprint density at radius 3 is 2.35 bits per heavy atom. The van der Waals surface area contributed by atoms with Gasteiger partial charge in [-0.3, -0.25) is 19.5 Å². The van der Waals surface area contributed by atoms with Crippen LogP contribution in [0.3, 0.4) is 0 Å². The van der Waals surface area contributed by atoms with Crippen LogP contribution in [0.4, 0.5) is 0 Å². The normalized spacial score (nSPS) is 18.3. The zero-order valence-corrected chi connectivity index (χ0v) is 13.6. The second-order valence-electron chi connectivity index (χ2n) is 6.41. The molecule has 124 valence electrons. The first-order valence-electron chi connectivity index (χ1n) is 8.29. The first kappa shape index (κ1) is 15.9. The summed E-state index contributed by atoms with van der Waals surface area (Å²) >= 11 is 0. The molecule has 0 unspecified atom stereocenters. The first-order chi connectivity index (χ1) is 11.1. The van der Waals surface area contributed by atoms with Crippen LogP contribution in [-0.4, -0.2) is 77.3 Å². The lowest BCUT2D eigenvalue weighted by molar-refractivity contribution is -0.139. The van der Waals surface area contributed by atoms with Gasteiger partial charge in [-0.2, -0.15) is 0 Å². The van der Waals surface area contributed by atoms with Crippen LogP contribution in [0.1, 0.15) is 18.5 Å². The molecule has 1 aliphatic heterocycles. The molecule has 1 aromatic rings. The van der Waals surface area contributed by atoms with Crippen LogP contribution in [0, 0.1) is 0 Å². The second-order valence-corrected chi connectivity index (χ2v) is 6.41. The number of rotatable bonds is 5. The molecule has 0 radical (unpaired) electrons. The number of nitrogens with zero attached hydrogens (tertiary/aromatic N) is 4. The highest BCUT2D eigenvalue weighted by Crippen LogP contribution is 2.25. The molecule has 2 aliphatic rings. The molecular formula is C17H24N4O2. The highest BCUT2D eigenvalue weighted by atomic mass is 16.2. The average molecular weight is 316 g/mol. The molecule has 2 heterocycles. The van der Waals surface area contributed by atoms with Crippen LogP contribution in [0.5, 0.6) is 0 Å². The van der Waals surface area contributed by atoms with Crippen molar-refractivity contribution in [1.29, 1.82) is 0 Å². The number of likely N-dealkylation sites (N-methyl/N-ethyl adjacent to an activating group) is 1. The van der Waals surface area contributed by atoms with E-state index in [1.807, 2.05) is 35.0 Å². The van der Waals surface area contributed by atoms with E-state index in [0.29, 0.717) is 45.2 Å². The molecule has 2 amide bonds. The second kappa shape index (κ2) is 7.08. The van der Waals surface area contributed by atoms with E-state index in [1.165, 1.54) is 12.8 Å². The molecule has 3 rings (SSSR count). The summed E-state index contributed by atoms with van der Waals surface area (Å²) in [4.78, 5) is 34.6. The van der Waals surface area contributed by atoms with Gasteiger partial charge in [-0.05, 0) is 32.0 Å². The lowest BCUT2D eigenvalue weighted by atomic mass is 10.2. The summed E-state index contributed by atoms with van der Waals surface area (Å²) in [6.45, 7) is 2.98. The highest BCUT2D eigenvalue weighted by molar-refractivity contribution is 5.80. The molecule has 2 fully saturated rings. The number of hydrogen-bond acceptors (Lipinski definition) is 4. The Balaban J connectivity index is 1.44. The van der Waals surface area contributed by atoms with Crippen molar-refractivity contribution in [3.8, 4) is 0 Å². The molecule has 6 nitrogen and oxygen atoms in total. The molecule has 1 saturated carbocycles. The Morgan fingerprint density at radius 1 is 1.13 bits per heavy atom. The lowest BCUT2D eigenvalue weighted by Gasteiger charge is -2.35. The van der Waals surface area contributed by atoms with Crippen molar-refractivity contribution in [3.05, 3.63) is 30.1 Å². The summed E-state index contributed by atoms with van der Waals surface area (Å²) in [5.74, 6) is 0.266. The minimum Gasteiger partial charge on any atom is -0.339 e. The van der Waals surface area contributed by atoms with Gasteiger partial charge >= 0.3 is 0 Å². The summed E-state index contributed by atoms with van der Waals surface area (Å²) in [6.07, 6.45) is 4.45. The number of carbonyl (C=O) groups excluding carboxylic acids is 2. The Morgan fingerprint density at radius 2 is 1.78 bits per heavy atom. The van der Waals surface area contributed by atoms with Gasteiger partial charge in [0, 0.05) is 44.1 Å². The van der Waals surface area contributed by atoms with Gasteiger partial charge in [-0.1, -0.05) is 6.07 Å². The molecule has 1 saturated heterocycles. The van der Waals surface area contributed by atoms with E-state index in [1.54, 1.807) is 6.20 Å². The quantitative estimate of drug-likeness (QED) is 0.788. The van der Waals surface area contributed by atoms with Crippen molar-refractivity contribution in [1.82, 2.24) is 19.7 Å².